The Morgan fingerprint density at radius 2 is 2.21 bits per heavy atom. The van der Waals surface area contributed by atoms with Crippen LogP contribution in [0.5, 0.6) is 0 Å². The van der Waals surface area contributed by atoms with Crippen molar-refractivity contribution in [3.8, 4) is 0 Å². The molecular weight excluding hydrogens is 192 g/mol. The average Bonchev–Trinajstić information content (AvgIpc) is 2.47. The largest absolute Gasteiger partial charge is 0.394 e. The summed E-state index contributed by atoms with van der Waals surface area (Å²) in [6.07, 6.45) is 0.851. The molecule has 1 N–H and O–H groups in total. The number of nitrogens with zero attached hydrogens (tertiary/aromatic N) is 3. The molecule has 0 radical (unpaired) electrons. The minimum Gasteiger partial charge on any atom is -0.394 e. The molecule has 0 bridgehead atoms. The molecule has 0 saturated heterocycles. The first-order valence-corrected chi connectivity index (χ1v) is 4.36. The molecule has 0 aliphatic heterocycles. The molecule has 78 valence electrons. The fraction of sp³-hybridized carbons (Fsp3) is 0.750. The smallest absolute Gasteiger partial charge is 0.253 e. The number of hydrogen-bond acceptors (Lipinski definition) is 3. The van der Waals surface area contributed by atoms with E-state index in [0.29, 0.717) is 5.69 Å². The number of alkyl halides is 2. The van der Waals surface area contributed by atoms with E-state index in [1.54, 1.807) is 13.1 Å². The Bertz CT molecular complexity index is 342. The van der Waals surface area contributed by atoms with Gasteiger partial charge in [-0.2, -0.15) is 0 Å². The van der Waals surface area contributed by atoms with Crippen molar-refractivity contribution < 1.29 is 13.9 Å². The van der Waals surface area contributed by atoms with Crippen LogP contribution in [0.2, 0.25) is 0 Å². The van der Waals surface area contributed by atoms with E-state index in [0.717, 1.165) is 0 Å². The van der Waals surface area contributed by atoms with E-state index in [1.165, 1.54) is 4.68 Å². The van der Waals surface area contributed by atoms with Crippen LogP contribution in [-0.4, -0.2) is 32.6 Å². The summed E-state index contributed by atoms with van der Waals surface area (Å²) in [4.78, 5) is 0. The van der Waals surface area contributed by atoms with Crippen LogP contribution < -0.4 is 0 Å². The zero-order valence-electron chi connectivity index (χ0n) is 7.74. The lowest BCUT2D eigenvalue weighted by Crippen LogP contribution is -2.55. The topological polar surface area (TPSA) is 50.9 Å². The van der Waals surface area contributed by atoms with Crippen LogP contribution in [0.4, 0.5) is 8.78 Å². The van der Waals surface area contributed by atoms with E-state index in [9.17, 15) is 8.78 Å². The summed E-state index contributed by atoms with van der Waals surface area (Å²) in [6.45, 7) is 1.40. The van der Waals surface area contributed by atoms with Gasteiger partial charge in [-0.1, -0.05) is 5.21 Å². The molecule has 4 nitrogen and oxygen atoms in total. The highest BCUT2D eigenvalue weighted by Gasteiger charge is 2.58. The summed E-state index contributed by atoms with van der Waals surface area (Å²) in [5.41, 5.74) is -0.279. The molecule has 1 aliphatic rings. The first-order chi connectivity index (χ1) is 6.47. The normalized spacial score (nSPS) is 23.1. The minimum absolute atomic E-state index is 0.328. The Labute approximate surface area is 79.5 Å². The third-order valence-corrected chi connectivity index (χ3v) is 2.56. The predicted octanol–water partition coefficient (Wildman–Crippen LogP) is 0.703. The second kappa shape index (κ2) is 2.73. The quantitative estimate of drug-likeness (QED) is 0.769. The average molecular weight is 203 g/mol. The molecule has 0 unspecified atom stereocenters. The van der Waals surface area contributed by atoms with Crippen molar-refractivity contribution in [1.29, 1.82) is 0 Å². The Kier molecular flexibility index (Phi) is 1.85. The van der Waals surface area contributed by atoms with E-state index >= 15 is 0 Å². The summed E-state index contributed by atoms with van der Waals surface area (Å²) < 4.78 is 26.8. The van der Waals surface area contributed by atoms with Gasteiger partial charge in [-0.25, -0.2) is 13.5 Å². The van der Waals surface area contributed by atoms with Crippen molar-refractivity contribution in [3.05, 3.63) is 11.9 Å². The van der Waals surface area contributed by atoms with Gasteiger partial charge in [0, 0.05) is 19.0 Å². The summed E-state index contributed by atoms with van der Waals surface area (Å²) >= 11 is 0. The van der Waals surface area contributed by atoms with E-state index in [2.05, 4.69) is 10.3 Å². The van der Waals surface area contributed by atoms with E-state index < -0.39 is 11.5 Å². The van der Waals surface area contributed by atoms with Crippen LogP contribution in [0.3, 0.4) is 0 Å². The van der Waals surface area contributed by atoms with Crippen LogP contribution in [0, 0.1) is 6.92 Å². The first-order valence-electron chi connectivity index (χ1n) is 4.36. The van der Waals surface area contributed by atoms with Gasteiger partial charge in [0.2, 0.25) is 0 Å². The summed E-state index contributed by atoms with van der Waals surface area (Å²) in [7, 11) is 0. The number of aliphatic hydroxyl groups is 1. The van der Waals surface area contributed by atoms with Crippen molar-refractivity contribution in [2.45, 2.75) is 31.2 Å². The van der Waals surface area contributed by atoms with Crippen LogP contribution >= 0.6 is 0 Å². The second-order valence-electron chi connectivity index (χ2n) is 3.90. The number of hydrogen-bond donors (Lipinski definition) is 1. The van der Waals surface area contributed by atoms with Gasteiger partial charge in [0.25, 0.3) is 5.92 Å². The molecule has 2 rings (SSSR count). The second-order valence-corrected chi connectivity index (χ2v) is 3.90. The molecule has 0 spiro atoms. The van der Waals surface area contributed by atoms with Crippen molar-refractivity contribution >= 4 is 0 Å². The molecule has 1 saturated carbocycles. The summed E-state index contributed by atoms with van der Waals surface area (Å²) in [5, 5.41) is 16.5. The van der Waals surface area contributed by atoms with Gasteiger partial charge >= 0.3 is 0 Å². The standard InChI is InChI=1S/C8H11F2N3O/c1-6-2-13(12-11-6)7(5-14)3-8(9,10)4-7/h2,14H,3-5H2,1H3. The van der Waals surface area contributed by atoms with Crippen LogP contribution in [0.25, 0.3) is 0 Å². The maximum atomic E-state index is 12.7. The molecule has 1 heterocycles. The fourth-order valence-electron chi connectivity index (χ4n) is 1.84. The maximum Gasteiger partial charge on any atom is 0.253 e. The molecule has 0 aromatic carbocycles. The molecule has 1 aliphatic carbocycles. The lowest BCUT2D eigenvalue weighted by molar-refractivity contribution is -0.170. The van der Waals surface area contributed by atoms with E-state index in [4.69, 9.17) is 5.11 Å². The molecule has 0 atom stereocenters. The van der Waals surface area contributed by atoms with Gasteiger partial charge in [-0.15, -0.1) is 5.10 Å². The Balaban J connectivity index is 2.24. The van der Waals surface area contributed by atoms with E-state index in [1.807, 2.05) is 0 Å². The first kappa shape index (κ1) is 9.51. The van der Waals surface area contributed by atoms with Crippen molar-refractivity contribution in [2.75, 3.05) is 6.61 Å². The maximum absolute atomic E-state index is 12.7. The molecular formula is C8H11F2N3O. The number of aliphatic hydroxyl groups excluding tert-OH is 1. The molecule has 1 fully saturated rings. The minimum atomic E-state index is -2.68. The van der Waals surface area contributed by atoms with Crippen LogP contribution in [-0.2, 0) is 5.54 Å². The Hall–Kier alpha value is -1.04. The van der Waals surface area contributed by atoms with Gasteiger partial charge < -0.3 is 5.11 Å². The number of aryl methyl sites for hydroxylation is 1. The third-order valence-electron chi connectivity index (χ3n) is 2.56. The fourth-order valence-corrected chi connectivity index (χ4v) is 1.84. The monoisotopic (exact) mass is 203 g/mol. The van der Waals surface area contributed by atoms with Crippen molar-refractivity contribution in [3.63, 3.8) is 0 Å². The highest BCUT2D eigenvalue weighted by Crippen LogP contribution is 2.49. The number of aromatic nitrogens is 3. The van der Waals surface area contributed by atoms with Gasteiger partial charge in [0.05, 0.1) is 17.8 Å². The Morgan fingerprint density at radius 3 is 2.57 bits per heavy atom. The molecule has 14 heavy (non-hydrogen) atoms. The summed E-state index contributed by atoms with van der Waals surface area (Å²) in [5.74, 6) is -2.68. The van der Waals surface area contributed by atoms with Crippen LogP contribution in [0.1, 0.15) is 18.5 Å². The molecule has 0 amide bonds. The van der Waals surface area contributed by atoms with Crippen molar-refractivity contribution in [1.82, 2.24) is 15.0 Å². The number of halogens is 2. The third kappa shape index (κ3) is 1.30. The van der Waals surface area contributed by atoms with Crippen molar-refractivity contribution in [2.24, 2.45) is 0 Å². The van der Waals surface area contributed by atoms with Gasteiger partial charge in [-0.3, -0.25) is 0 Å². The predicted molar refractivity (Wildman–Crippen MR) is 44.0 cm³/mol. The summed E-state index contributed by atoms with van der Waals surface area (Å²) in [6, 6.07) is 0. The lowest BCUT2D eigenvalue weighted by atomic mass is 9.74. The van der Waals surface area contributed by atoms with Gasteiger partial charge in [0.15, 0.2) is 0 Å². The Morgan fingerprint density at radius 1 is 1.57 bits per heavy atom. The zero-order chi connectivity index (χ0) is 10.4. The highest BCUT2D eigenvalue weighted by atomic mass is 19.3. The highest BCUT2D eigenvalue weighted by molar-refractivity contribution is 5.05. The SMILES string of the molecule is Cc1cn(C2(CO)CC(F)(F)C2)nn1. The molecule has 1 aromatic rings. The lowest BCUT2D eigenvalue weighted by Gasteiger charge is -2.45. The van der Waals surface area contributed by atoms with Crippen LogP contribution in [0.15, 0.2) is 6.20 Å². The number of rotatable bonds is 2. The molecule has 6 heteroatoms. The molecule has 1 aromatic heterocycles. The van der Waals surface area contributed by atoms with E-state index in [-0.39, 0.29) is 19.4 Å². The van der Waals surface area contributed by atoms with Gasteiger partial charge in [0.1, 0.15) is 0 Å². The zero-order valence-corrected chi connectivity index (χ0v) is 7.74. The van der Waals surface area contributed by atoms with Gasteiger partial charge in [-0.05, 0) is 6.92 Å².